The van der Waals surface area contributed by atoms with E-state index in [1.807, 2.05) is 0 Å². The van der Waals surface area contributed by atoms with Gasteiger partial charge >= 0.3 is 5.69 Å². The van der Waals surface area contributed by atoms with Crippen molar-refractivity contribution in [1.29, 1.82) is 0 Å². The minimum absolute atomic E-state index is 0.276. The fourth-order valence-corrected chi connectivity index (χ4v) is 2.28. The quantitative estimate of drug-likeness (QED) is 0.692. The van der Waals surface area contributed by atoms with E-state index in [4.69, 9.17) is 0 Å². The molecule has 3 aromatic rings. The molecule has 21 heavy (non-hydrogen) atoms. The lowest BCUT2D eigenvalue weighted by atomic mass is 10.1. The molecular weight excluding hydrogens is 276 g/mol. The van der Waals surface area contributed by atoms with E-state index in [0.717, 1.165) is 11.8 Å². The van der Waals surface area contributed by atoms with Gasteiger partial charge in [-0.3, -0.25) is 0 Å². The highest BCUT2D eigenvalue weighted by atomic mass is 19.1. The van der Waals surface area contributed by atoms with E-state index >= 15 is 0 Å². The zero-order chi connectivity index (χ0) is 15.0. The highest BCUT2D eigenvalue weighted by Gasteiger charge is 2.09. The summed E-state index contributed by atoms with van der Waals surface area (Å²) in [6.07, 6.45) is 0. The second-order valence-corrected chi connectivity index (χ2v) is 4.91. The lowest BCUT2D eigenvalue weighted by Gasteiger charge is -2.16. The van der Waals surface area contributed by atoms with Gasteiger partial charge in [-0.2, -0.15) is 0 Å². The van der Waals surface area contributed by atoms with E-state index in [2.05, 4.69) is 15.3 Å². The van der Waals surface area contributed by atoms with Crippen LogP contribution in [0, 0.1) is 11.6 Å². The van der Waals surface area contributed by atoms with Gasteiger partial charge in [0.1, 0.15) is 11.6 Å². The summed E-state index contributed by atoms with van der Waals surface area (Å²) in [5.41, 5.74) is 2.35. The number of halogens is 2. The molecule has 1 atom stereocenters. The summed E-state index contributed by atoms with van der Waals surface area (Å²) in [5, 5.41) is 3.14. The maximum atomic E-state index is 13.2. The van der Waals surface area contributed by atoms with E-state index in [0.29, 0.717) is 16.6 Å². The van der Waals surface area contributed by atoms with Crippen molar-refractivity contribution in [2.45, 2.75) is 13.0 Å². The first kappa shape index (κ1) is 13.4. The van der Waals surface area contributed by atoms with E-state index in [9.17, 15) is 13.6 Å². The van der Waals surface area contributed by atoms with Gasteiger partial charge in [0.2, 0.25) is 0 Å². The van der Waals surface area contributed by atoms with E-state index in [1.165, 1.54) is 12.1 Å². The maximum absolute atomic E-state index is 13.2. The van der Waals surface area contributed by atoms with Gasteiger partial charge in [0, 0.05) is 17.8 Å². The monoisotopic (exact) mass is 289 g/mol. The molecule has 0 bridgehead atoms. The lowest BCUT2D eigenvalue weighted by Crippen LogP contribution is -2.07. The zero-order valence-electron chi connectivity index (χ0n) is 11.2. The molecule has 0 aliphatic heterocycles. The predicted molar refractivity (Wildman–Crippen MR) is 77.3 cm³/mol. The van der Waals surface area contributed by atoms with Crippen molar-refractivity contribution in [3.63, 3.8) is 0 Å². The molecule has 0 saturated heterocycles. The summed E-state index contributed by atoms with van der Waals surface area (Å²) in [6.45, 7) is 1.80. The van der Waals surface area contributed by atoms with E-state index in [-0.39, 0.29) is 11.7 Å². The Kier molecular flexibility index (Phi) is 3.21. The van der Waals surface area contributed by atoms with Crippen molar-refractivity contribution < 1.29 is 8.78 Å². The Labute approximate surface area is 118 Å². The predicted octanol–water partition coefficient (Wildman–Crippen LogP) is 3.31. The summed E-state index contributed by atoms with van der Waals surface area (Å²) in [5.74, 6) is -1.21. The van der Waals surface area contributed by atoms with Crippen LogP contribution >= 0.6 is 0 Å². The summed E-state index contributed by atoms with van der Waals surface area (Å²) in [4.78, 5) is 16.5. The highest BCUT2D eigenvalue weighted by Crippen LogP contribution is 2.22. The number of aromatic amines is 2. The molecule has 0 saturated carbocycles. The topological polar surface area (TPSA) is 60.7 Å². The summed E-state index contributed by atoms with van der Waals surface area (Å²) < 4.78 is 26.5. The van der Waals surface area contributed by atoms with Gasteiger partial charge < -0.3 is 15.3 Å². The molecule has 1 unspecified atom stereocenters. The molecular formula is C15H13F2N3O. The molecule has 1 aromatic heterocycles. The average molecular weight is 289 g/mol. The van der Waals surface area contributed by atoms with Gasteiger partial charge in [-0.15, -0.1) is 0 Å². The van der Waals surface area contributed by atoms with Crippen molar-refractivity contribution in [1.82, 2.24) is 9.97 Å². The summed E-state index contributed by atoms with van der Waals surface area (Å²) in [6, 6.07) is 8.45. The second-order valence-electron chi connectivity index (χ2n) is 4.91. The highest BCUT2D eigenvalue weighted by molar-refractivity contribution is 5.78. The third-order valence-corrected chi connectivity index (χ3v) is 3.28. The van der Waals surface area contributed by atoms with Crippen LogP contribution in [0.1, 0.15) is 18.5 Å². The molecule has 0 aliphatic carbocycles. The second kappa shape index (κ2) is 5.05. The Hall–Kier alpha value is -2.63. The van der Waals surface area contributed by atoms with Crippen LogP contribution in [-0.2, 0) is 0 Å². The number of rotatable bonds is 3. The molecule has 0 radical (unpaired) electrons. The molecule has 6 heteroatoms. The maximum Gasteiger partial charge on any atom is 0.323 e. The van der Waals surface area contributed by atoms with E-state index in [1.54, 1.807) is 25.1 Å². The largest absolute Gasteiger partial charge is 0.378 e. The first-order valence-electron chi connectivity index (χ1n) is 6.46. The number of anilines is 1. The Balaban J connectivity index is 1.88. The summed E-state index contributed by atoms with van der Waals surface area (Å²) in [7, 11) is 0. The van der Waals surface area contributed by atoms with Gasteiger partial charge in [-0.05, 0) is 42.8 Å². The van der Waals surface area contributed by atoms with Gasteiger partial charge in [-0.25, -0.2) is 13.6 Å². The number of benzene rings is 2. The Morgan fingerprint density at radius 3 is 2.38 bits per heavy atom. The molecule has 0 spiro atoms. The Morgan fingerprint density at radius 2 is 1.67 bits per heavy atom. The standard InChI is InChI=1S/C15H13F2N3O/c1-8(9-4-10(16)6-11(17)5-9)18-12-2-3-13-14(7-12)20-15(21)19-13/h2-8,18H,1H3,(H2,19,20,21). The smallest absolute Gasteiger partial charge is 0.323 e. The molecule has 4 nitrogen and oxygen atoms in total. The van der Waals surface area contributed by atoms with Crippen LogP contribution in [0.25, 0.3) is 11.0 Å². The minimum atomic E-state index is -0.607. The normalized spacial score (nSPS) is 12.5. The fourth-order valence-electron chi connectivity index (χ4n) is 2.28. The first-order valence-corrected chi connectivity index (χ1v) is 6.46. The molecule has 0 amide bonds. The minimum Gasteiger partial charge on any atom is -0.378 e. The number of fused-ring (bicyclic) bond motifs is 1. The first-order chi connectivity index (χ1) is 10.0. The zero-order valence-corrected chi connectivity index (χ0v) is 11.2. The van der Waals surface area contributed by atoms with Crippen LogP contribution in [0.4, 0.5) is 14.5 Å². The molecule has 108 valence electrons. The SMILES string of the molecule is CC(Nc1ccc2[nH]c(=O)[nH]c2c1)c1cc(F)cc(F)c1. The Morgan fingerprint density at radius 1 is 1.00 bits per heavy atom. The third-order valence-electron chi connectivity index (χ3n) is 3.28. The van der Waals surface area contributed by atoms with Gasteiger partial charge in [0.25, 0.3) is 0 Å². The van der Waals surface area contributed by atoms with Crippen LogP contribution in [0.5, 0.6) is 0 Å². The van der Waals surface area contributed by atoms with Gasteiger partial charge in [0.15, 0.2) is 0 Å². The molecule has 0 aliphatic rings. The molecule has 3 N–H and O–H groups in total. The van der Waals surface area contributed by atoms with Crippen molar-refractivity contribution in [2.75, 3.05) is 5.32 Å². The number of hydrogen-bond acceptors (Lipinski definition) is 2. The lowest BCUT2D eigenvalue weighted by molar-refractivity contribution is 0.577. The number of nitrogens with one attached hydrogen (secondary N) is 3. The van der Waals surface area contributed by atoms with Gasteiger partial charge in [-0.1, -0.05) is 0 Å². The summed E-state index contributed by atoms with van der Waals surface area (Å²) >= 11 is 0. The van der Waals surface area contributed by atoms with Gasteiger partial charge in [0.05, 0.1) is 11.0 Å². The average Bonchev–Trinajstić information content (AvgIpc) is 2.77. The molecule has 3 rings (SSSR count). The number of aromatic nitrogens is 2. The van der Waals surface area contributed by atoms with Crippen molar-refractivity contribution in [3.8, 4) is 0 Å². The van der Waals surface area contributed by atoms with Crippen LogP contribution in [0.2, 0.25) is 0 Å². The van der Waals surface area contributed by atoms with Crippen molar-refractivity contribution in [2.24, 2.45) is 0 Å². The fraction of sp³-hybridized carbons (Fsp3) is 0.133. The third kappa shape index (κ3) is 2.79. The van der Waals surface area contributed by atoms with Crippen LogP contribution in [0.3, 0.4) is 0 Å². The molecule has 2 aromatic carbocycles. The number of H-pyrrole nitrogens is 2. The molecule has 1 heterocycles. The Bertz CT molecular complexity index is 833. The van der Waals surface area contributed by atoms with E-state index < -0.39 is 11.6 Å². The van der Waals surface area contributed by atoms with Crippen LogP contribution < -0.4 is 11.0 Å². The van der Waals surface area contributed by atoms with Crippen molar-refractivity contribution in [3.05, 3.63) is 64.1 Å². The number of hydrogen-bond donors (Lipinski definition) is 3. The molecule has 0 fully saturated rings. The van der Waals surface area contributed by atoms with Crippen LogP contribution in [-0.4, -0.2) is 9.97 Å². The van der Waals surface area contributed by atoms with Crippen LogP contribution in [0.15, 0.2) is 41.2 Å². The number of imidazole rings is 1. The van der Waals surface area contributed by atoms with Crippen molar-refractivity contribution >= 4 is 16.7 Å².